The van der Waals surface area contributed by atoms with E-state index in [2.05, 4.69) is 13.2 Å². The van der Waals surface area contributed by atoms with Crippen molar-refractivity contribution < 1.29 is 0 Å². The van der Waals surface area contributed by atoms with Gasteiger partial charge >= 0.3 is 0 Å². The zero-order valence-electron chi connectivity index (χ0n) is 10.2. The molecule has 14 heavy (non-hydrogen) atoms. The Balaban J connectivity index is -0.000000266. The van der Waals surface area contributed by atoms with Crippen LogP contribution in [0.1, 0.15) is 27.7 Å². The predicted molar refractivity (Wildman–Crippen MR) is 73.8 cm³/mol. The maximum absolute atomic E-state index is 3.61. The van der Waals surface area contributed by atoms with Gasteiger partial charge in [0, 0.05) is 4.91 Å². The van der Waals surface area contributed by atoms with Crippen molar-refractivity contribution in [3.05, 3.63) is 48.4 Å². The van der Waals surface area contributed by atoms with Crippen LogP contribution in [0.25, 0.3) is 0 Å². The Kier molecular flexibility index (Phi) is 30.9. The summed E-state index contributed by atoms with van der Waals surface area (Å²) < 4.78 is 0. The van der Waals surface area contributed by atoms with Gasteiger partial charge in [0.2, 0.25) is 0 Å². The lowest BCUT2D eigenvalue weighted by Gasteiger charge is -1.90. The Hall–Kier alpha value is -0.690. The van der Waals surface area contributed by atoms with E-state index in [1.807, 2.05) is 52.2 Å². The largest absolute Gasteiger partial charge is 0.130 e. The molecule has 0 aliphatic carbocycles. The molecule has 0 heterocycles. The van der Waals surface area contributed by atoms with Gasteiger partial charge in [0.1, 0.15) is 0 Å². The second kappa shape index (κ2) is 22.8. The lowest BCUT2D eigenvalue weighted by Crippen LogP contribution is -1.64. The number of hydrogen-bond donors (Lipinski definition) is 0. The summed E-state index contributed by atoms with van der Waals surface area (Å²) in [6, 6.07) is 0. The first kappa shape index (κ1) is 19.0. The van der Waals surface area contributed by atoms with Gasteiger partial charge in [-0.1, -0.05) is 59.1 Å². The minimum atomic E-state index is 1.19. The highest BCUT2D eigenvalue weighted by Gasteiger charge is 1.82. The van der Waals surface area contributed by atoms with E-state index < -0.39 is 0 Å². The molecule has 0 aliphatic heterocycles. The SMILES string of the molecule is C=C/C=C\C(=C/C=C)SC.CC.CC. The molecule has 0 radical (unpaired) electrons. The first-order valence-corrected chi connectivity index (χ1v) is 6.23. The summed E-state index contributed by atoms with van der Waals surface area (Å²) in [5.41, 5.74) is 0. The molecule has 0 aromatic carbocycles. The van der Waals surface area contributed by atoms with Crippen LogP contribution in [0.4, 0.5) is 0 Å². The van der Waals surface area contributed by atoms with Crippen molar-refractivity contribution in [3.63, 3.8) is 0 Å². The maximum atomic E-state index is 3.61. The van der Waals surface area contributed by atoms with Crippen LogP contribution in [0.15, 0.2) is 48.4 Å². The number of hydrogen-bond acceptors (Lipinski definition) is 1. The molecule has 0 aliphatic rings. The summed E-state index contributed by atoms with van der Waals surface area (Å²) in [4.78, 5) is 1.19. The first-order valence-electron chi connectivity index (χ1n) is 5.01. The van der Waals surface area contributed by atoms with Crippen LogP contribution in [0, 0.1) is 0 Å². The molecular formula is C13H24S. The molecule has 1 heteroatoms. The van der Waals surface area contributed by atoms with Crippen molar-refractivity contribution >= 4 is 11.8 Å². The van der Waals surface area contributed by atoms with Crippen LogP contribution < -0.4 is 0 Å². The van der Waals surface area contributed by atoms with E-state index >= 15 is 0 Å². The highest BCUT2D eigenvalue weighted by atomic mass is 32.2. The third-order valence-electron chi connectivity index (χ3n) is 0.914. The summed E-state index contributed by atoms with van der Waals surface area (Å²) in [6.07, 6.45) is 11.4. The third-order valence-corrected chi connectivity index (χ3v) is 1.66. The topological polar surface area (TPSA) is 0 Å². The molecular weight excluding hydrogens is 188 g/mol. The van der Waals surface area contributed by atoms with Crippen LogP contribution in [0.3, 0.4) is 0 Å². The van der Waals surface area contributed by atoms with Crippen molar-refractivity contribution in [1.29, 1.82) is 0 Å². The fraction of sp³-hybridized carbons (Fsp3) is 0.385. The second-order valence-corrected chi connectivity index (χ2v) is 2.48. The van der Waals surface area contributed by atoms with Crippen LogP contribution in [-0.2, 0) is 0 Å². The lowest BCUT2D eigenvalue weighted by molar-refractivity contribution is 1.50. The average Bonchev–Trinajstić information content (AvgIpc) is 2.29. The van der Waals surface area contributed by atoms with Crippen molar-refractivity contribution in [2.75, 3.05) is 6.26 Å². The second-order valence-electron chi connectivity index (χ2n) is 1.60. The lowest BCUT2D eigenvalue weighted by atomic mass is 10.4. The van der Waals surface area contributed by atoms with Gasteiger partial charge in [0.25, 0.3) is 0 Å². The summed E-state index contributed by atoms with van der Waals surface area (Å²) in [7, 11) is 0. The monoisotopic (exact) mass is 212 g/mol. The van der Waals surface area contributed by atoms with Gasteiger partial charge < -0.3 is 0 Å². The predicted octanol–water partition coefficient (Wildman–Crippen LogP) is 5.21. The highest BCUT2D eigenvalue weighted by molar-refractivity contribution is 8.02. The van der Waals surface area contributed by atoms with E-state index in [0.29, 0.717) is 0 Å². The quantitative estimate of drug-likeness (QED) is 0.576. The molecule has 0 aromatic rings. The van der Waals surface area contributed by atoms with Crippen molar-refractivity contribution in [2.45, 2.75) is 27.7 Å². The summed E-state index contributed by atoms with van der Waals surface area (Å²) >= 11 is 1.69. The van der Waals surface area contributed by atoms with E-state index in [-0.39, 0.29) is 0 Å². The summed E-state index contributed by atoms with van der Waals surface area (Å²) in [5, 5.41) is 0. The van der Waals surface area contributed by atoms with E-state index in [1.165, 1.54) is 4.91 Å². The molecule has 0 rings (SSSR count). The van der Waals surface area contributed by atoms with E-state index in [9.17, 15) is 0 Å². The molecule has 0 fully saturated rings. The summed E-state index contributed by atoms with van der Waals surface area (Å²) in [5.74, 6) is 0. The van der Waals surface area contributed by atoms with Crippen molar-refractivity contribution in [3.8, 4) is 0 Å². The Morgan fingerprint density at radius 1 is 1.00 bits per heavy atom. The van der Waals surface area contributed by atoms with Crippen LogP contribution in [0.2, 0.25) is 0 Å². The number of rotatable bonds is 4. The van der Waals surface area contributed by atoms with Gasteiger partial charge in [-0.15, -0.1) is 11.8 Å². The van der Waals surface area contributed by atoms with E-state index in [0.717, 1.165) is 0 Å². The summed E-state index contributed by atoms with van der Waals surface area (Å²) in [6.45, 7) is 15.2. The molecule has 0 unspecified atom stereocenters. The van der Waals surface area contributed by atoms with Gasteiger partial charge in [0.05, 0.1) is 0 Å². The molecule has 0 atom stereocenters. The van der Waals surface area contributed by atoms with Gasteiger partial charge in [-0.3, -0.25) is 0 Å². The van der Waals surface area contributed by atoms with Crippen LogP contribution >= 0.6 is 11.8 Å². The van der Waals surface area contributed by atoms with Crippen molar-refractivity contribution in [1.82, 2.24) is 0 Å². The first-order chi connectivity index (χ1) is 6.85. The highest BCUT2D eigenvalue weighted by Crippen LogP contribution is 2.12. The fourth-order valence-corrected chi connectivity index (χ4v) is 0.918. The minimum Gasteiger partial charge on any atom is -0.130 e. The molecule has 0 aromatic heterocycles. The molecule has 0 nitrogen and oxygen atoms in total. The van der Waals surface area contributed by atoms with Crippen LogP contribution in [0.5, 0.6) is 0 Å². The maximum Gasteiger partial charge on any atom is 0.00689 e. The van der Waals surface area contributed by atoms with E-state index in [4.69, 9.17) is 0 Å². The molecule has 82 valence electrons. The minimum absolute atomic E-state index is 1.19. The molecule has 0 amide bonds. The van der Waals surface area contributed by atoms with Gasteiger partial charge in [-0.05, 0) is 18.4 Å². The molecule has 0 bridgehead atoms. The Labute approximate surface area is 94.5 Å². The smallest absolute Gasteiger partial charge is 0.00689 e. The molecule has 0 saturated carbocycles. The Bertz CT molecular complexity index is 164. The Morgan fingerprint density at radius 2 is 1.50 bits per heavy atom. The van der Waals surface area contributed by atoms with Gasteiger partial charge in [-0.2, -0.15) is 0 Å². The molecule has 0 spiro atoms. The normalized spacial score (nSPS) is 9.36. The number of allylic oxidation sites excluding steroid dienone is 5. The molecule has 0 N–H and O–H groups in total. The third kappa shape index (κ3) is 17.4. The molecule has 0 saturated heterocycles. The zero-order valence-corrected chi connectivity index (χ0v) is 11.0. The number of thioether (sulfide) groups is 1. The van der Waals surface area contributed by atoms with Crippen LogP contribution in [-0.4, -0.2) is 6.26 Å². The van der Waals surface area contributed by atoms with Crippen molar-refractivity contribution in [2.24, 2.45) is 0 Å². The zero-order chi connectivity index (χ0) is 11.8. The Morgan fingerprint density at radius 3 is 1.79 bits per heavy atom. The standard InChI is InChI=1S/C9H12S.2C2H6/c1-4-6-8-9(10-3)7-5-2;2*1-2/h4-8H,1-2H2,3H3;2*1-2H3/b8-6-,9-7+;;. The van der Waals surface area contributed by atoms with Gasteiger partial charge in [0.15, 0.2) is 0 Å². The van der Waals surface area contributed by atoms with E-state index in [1.54, 1.807) is 23.9 Å². The fourth-order valence-electron chi connectivity index (χ4n) is 0.471. The van der Waals surface area contributed by atoms with Gasteiger partial charge in [-0.25, -0.2) is 0 Å². The average molecular weight is 212 g/mol.